The first-order valence-electron chi connectivity index (χ1n) is 3.61. The first-order valence-corrected chi connectivity index (χ1v) is 4.69. The summed E-state index contributed by atoms with van der Waals surface area (Å²) >= 11 is 2.14. The second kappa shape index (κ2) is 4.40. The van der Waals surface area contributed by atoms with Crippen LogP contribution in [0.3, 0.4) is 0 Å². The molecule has 5 heteroatoms. The highest BCUT2D eigenvalue weighted by Crippen LogP contribution is 2.10. The number of guanidine groups is 1. The van der Waals surface area contributed by atoms with Crippen LogP contribution in [-0.4, -0.2) is 11.1 Å². The van der Waals surface area contributed by atoms with E-state index in [0.29, 0.717) is 0 Å². The van der Waals surface area contributed by atoms with Crippen LogP contribution in [0.25, 0.3) is 0 Å². The quantitative estimate of drug-likeness (QED) is 0.378. The lowest BCUT2D eigenvalue weighted by atomic mass is 10.2. The molecule has 70 valence electrons. The minimum absolute atomic E-state index is 0.0200. The summed E-state index contributed by atoms with van der Waals surface area (Å²) in [5.41, 5.74) is 5.75. The van der Waals surface area contributed by atoms with E-state index in [4.69, 9.17) is 11.1 Å². The molecule has 0 unspecified atom stereocenters. The molecule has 0 atom stereocenters. The van der Waals surface area contributed by atoms with Crippen molar-refractivity contribution in [3.05, 3.63) is 33.4 Å². The van der Waals surface area contributed by atoms with Crippen molar-refractivity contribution in [1.29, 1.82) is 5.41 Å². The van der Waals surface area contributed by atoms with Crippen LogP contribution in [0, 0.1) is 8.98 Å². The number of hydrogen-bond acceptors (Lipinski definition) is 1. The number of benzene rings is 1. The Morgan fingerprint density at radius 2 is 2.31 bits per heavy atom. The third-order valence-corrected chi connectivity index (χ3v) is 2.14. The van der Waals surface area contributed by atoms with E-state index in [0.717, 1.165) is 9.13 Å². The average molecular weight is 292 g/mol. The normalized spacial score (nSPS) is 9.69. The van der Waals surface area contributed by atoms with Gasteiger partial charge < -0.3 is 5.73 Å². The molecule has 3 N–H and O–H groups in total. The van der Waals surface area contributed by atoms with Crippen molar-refractivity contribution in [1.82, 2.24) is 5.12 Å². The van der Waals surface area contributed by atoms with Crippen molar-refractivity contribution in [2.75, 3.05) is 0 Å². The molecule has 0 spiro atoms. The van der Waals surface area contributed by atoms with E-state index >= 15 is 0 Å². The zero-order chi connectivity index (χ0) is 9.84. The van der Waals surface area contributed by atoms with Gasteiger partial charge in [0.15, 0.2) is 0 Å². The zero-order valence-corrected chi connectivity index (χ0v) is 8.95. The van der Waals surface area contributed by atoms with Gasteiger partial charge in [-0.05, 0) is 40.3 Å². The molecule has 0 fully saturated rings. The summed E-state index contributed by atoms with van der Waals surface area (Å²) in [7, 11) is 0. The number of nitrogens with one attached hydrogen (secondary N) is 1. The Kier molecular flexibility index (Phi) is 3.47. The summed E-state index contributed by atoms with van der Waals surface area (Å²) in [6.45, 7) is 0.0200. The first kappa shape index (κ1) is 10.2. The molecular weight excluding hydrogens is 283 g/mol. The van der Waals surface area contributed by atoms with Crippen LogP contribution >= 0.6 is 22.6 Å². The molecule has 1 aromatic rings. The molecule has 1 aromatic carbocycles. The zero-order valence-electron chi connectivity index (χ0n) is 6.80. The van der Waals surface area contributed by atoms with Crippen LogP contribution in [-0.2, 0) is 6.54 Å². The molecular formula is C8H9FIN3. The molecule has 3 nitrogen and oxygen atoms in total. The van der Waals surface area contributed by atoms with Crippen molar-refractivity contribution < 1.29 is 4.48 Å². The van der Waals surface area contributed by atoms with E-state index in [2.05, 4.69) is 22.6 Å². The van der Waals surface area contributed by atoms with Gasteiger partial charge in [-0.3, -0.25) is 5.41 Å². The van der Waals surface area contributed by atoms with E-state index in [1.54, 1.807) is 6.07 Å². The van der Waals surface area contributed by atoms with Gasteiger partial charge in [0.1, 0.15) is 0 Å². The van der Waals surface area contributed by atoms with E-state index in [9.17, 15) is 4.48 Å². The van der Waals surface area contributed by atoms with Crippen LogP contribution in [0.4, 0.5) is 4.48 Å². The Bertz CT molecular complexity index is 316. The molecule has 0 aliphatic carbocycles. The summed E-state index contributed by atoms with van der Waals surface area (Å²) < 4.78 is 13.9. The number of nitrogens with two attached hydrogens (primary N) is 1. The predicted octanol–water partition coefficient (Wildman–Crippen LogP) is 1.87. The highest BCUT2D eigenvalue weighted by molar-refractivity contribution is 14.1. The Balaban J connectivity index is 2.69. The molecule has 0 aromatic heterocycles. The number of halogens is 2. The third kappa shape index (κ3) is 3.17. The van der Waals surface area contributed by atoms with E-state index < -0.39 is 5.96 Å². The lowest BCUT2D eigenvalue weighted by Gasteiger charge is -2.10. The minimum atomic E-state index is -0.570. The van der Waals surface area contributed by atoms with E-state index in [1.807, 2.05) is 18.2 Å². The summed E-state index contributed by atoms with van der Waals surface area (Å²) in [4.78, 5) is 0. The van der Waals surface area contributed by atoms with Gasteiger partial charge in [-0.25, -0.2) is 0 Å². The van der Waals surface area contributed by atoms with Crippen molar-refractivity contribution in [2.24, 2.45) is 5.73 Å². The first-order chi connectivity index (χ1) is 6.09. The van der Waals surface area contributed by atoms with Gasteiger partial charge in [-0.2, -0.15) is 5.12 Å². The Morgan fingerprint density at radius 3 is 2.85 bits per heavy atom. The van der Waals surface area contributed by atoms with Gasteiger partial charge in [0.2, 0.25) is 5.96 Å². The van der Waals surface area contributed by atoms with Gasteiger partial charge in [-0.1, -0.05) is 16.6 Å². The second-order valence-corrected chi connectivity index (χ2v) is 3.78. The van der Waals surface area contributed by atoms with Crippen molar-refractivity contribution in [3.8, 4) is 0 Å². The Morgan fingerprint density at radius 1 is 1.62 bits per heavy atom. The summed E-state index contributed by atoms with van der Waals surface area (Å²) in [6, 6.07) is 7.39. The average Bonchev–Trinajstić information content (AvgIpc) is 2.04. The fourth-order valence-electron chi connectivity index (χ4n) is 0.881. The number of nitrogens with zero attached hydrogens (tertiary/aromatic N) is 1. The highest BCUT2D eigenvalue weighted by atomic mass is 127. The lowest BCUT2D eigenvalue weighted by Crippen LogP contribution is -2.28. The molecule has 0 aliphatic heterocycles. The molecule has 0 bridgehead atoms. The molecule has 0 aliphatic rings. The Labute approximate surface area is 89.3 Å². The van der Waals surface area contributed by atoms with Gasteiger partial charge in [0, 0.05) is 3.57 Å². The summed E-state index contributed by atoms with van der Waals surface area (Å²) in [6.07, 6.45) is 0. The number of hydrogen-bond donors (Lipinski definition) is 2. The van der Waals surface area contributed by atoms with Gasteiger partial charge in [0.05, 0.1) is 6.54 Å². The summed E-state index contributed by atoms with van der Waals surface area (Å²) in [5, 5.41) is 7.03. The van der Waals surface area contributed by atoms with E-state index in [-0.39, 0.29) is 11.7 Å². The Hall–Kier alpha value is -0.850. The molecule has 0 radical (unpaired) electrons. The third-order valence-electron chi connectivity index (χ3n) is 1.47. The SMILES string of the molecule is N=C(N)N([18F])Cc1cccc(I)c1. The molecule has 0 amide bonds. The van der Waals surface area contributed by atoms with Gasteiger partial charge in [0.25, 0.3) is 0 Å². The van der Waals surface area contributed by atoms with Crippen LogP contribution in [0.2, 0.25) is 0 Å². The van der Waals surface area contributed by atoms with Crippen LogP contribution in [0.1, 0.15) is 5.56 Å². The lowest BCUT2D eigenvalue weighted by molar-refractivity contribution is 0.108. The smallest absolute Gasteiger partial charge is 0.217 e. The van der Waals surface area contributed by atoms with Crippen LogP contribution < -0.4 is 5.73 Å². The fourth-order valence-corrected chi connectivity index (χ4v) is 1.49. The molecule has 1 rings (SSSR count). The minimum Gasteiger partial charge on any atom is -0.368 e. The van der Waals surface area contributed by atoms with Crippen molar-refractivity contribution in [3.63, 3.8) is 0 Å². The molecule has 0 heterocycles. The van der Waals surface area contributed by atoms with Crippen LogP contribution in [0.5, 0.6) is 0 Å². The maximum atomic E-state index is 12.8. The molecule has 0 saturated carbocycles. The highest BCUT2D eigenvalue weighted by Gasteiger charge is 2.05. The second-order valence-electron chi connectivity index (χ2n) is 2.54. The van der Waals surface area contributed by atoms with Crippen molar-refractivity contribution >= 4 is 28.6 Å². The standard InChI is InChI=1S/C8H9FIN3/c9-13(8(11)12)5-6-2-1-3-7(10)4-6/h1-4H,5H2,(H3,11,12)/i9-1. The van der Waals surface area contributed by atoms with Crippen molar-refractivity contribution in [2.45, 2.75) is 6.54 Å². The van der Waals surface area contributed by atoms with Crippen LogP contribution in [0.15, 0.2) is 24.3 Å². The van der Waals surface area contributed by atoms with Gasteiger partial charge in [-0.15, -0.1) is 0 Å². The van der Waals surface area contributed by atoms with E-state index in [1.165, 1.54) is 0 Å². The molecule has 13 heavy (non-hydrogen) atoms. The largest absolute Gasteiger partial charge is 0.368 e. The maximum Gasteiger partial charge on any atom is 0.217 e. The fraction of sp³-hybridized carbons (Fsp3) is 0.125. The number of rotatable bonds is 2. The maximum absolute atomic E-state index is 12.8. The monoisotopic (exact) mass is 292 g/mol. The van der Waals surface area contributed by atoms with Gasteiger partial charge >= 0.3 is 0 Å². The predicted molar refractivity (Wildman–Crippen MR) is 57.7 cm³/mol. The summed E-state index contributed by atoms with van der Waals surface area (Å²) in [5.74, 6) is -0.570. The topological polar surface area (TPSA) is 53.1 Å². The molecule has 0 saturated heterocycles.